The number of carbonyl (C=O) groups is 1. The smallest absolute Gasteiger partial charge is 0.268 e. The lowest BCUT2D eigenvalue weighted by atomic mass is 10.0. The van der Waals surface area contributed by atoms with Crippen LogP contribution in [-0.2, 0) is 13.0 Å². The van der Waals surface area contributed by atoms with Gasteiger partial charge in [-0.15, -0.1) is 0 Å². The average Bonchev–Trinajstić information content (AvgIpc) is 3.16. The monoisotopic (exact) mass is 366 g/mol. The van der Waals surface area contributed by atoms with Crippen LogP contribution in [0.2, 0.25) is 0 Å². The molecule has 1 unspecified atom stereocenters. The van der Waals surface area contributed by atoms with Crippen molar-refractivity contribution in [3.8, 4) is 0 Å². The van der Waals surface area contributed by atoms with Crippen LogP contribution in [0, 0.1) is 20.8 Å². The van der Waals surface area contributed by atoms with Gasteiger partial charge in [0.05, 0.1) is 11.7 Å². The Morgan fingerprint density at radius 3 is 2.56 bits per heavy atom. The van der Waals surface area contributed by atoms with Crippen molar-refractivity contribution in [2.24, 2.45) is 0 Å². The third kappa shape index (κ3) is 3.38. The SMILES string of the molecule is CCc1c(C(=O)NC(CC)c2c(C)nn(CC)c2C)[nH]c2ccc(C)cc12. The molecule has 2 heterocycles. The van der Waals surface area contributed by atoms with E-state index in [-0.39, 0.29) is 11.9 Å². The molecule has 1 amide bonds. The lowest BCUT2D eigenvalue weighted by Gasteiger charge is -2.18. The van der Waals surface area contributed by atoms with Crippen molar-refractivity contribution in [1.82, 2.24) is 20.1 Å². The van der Waals surface area contributed by atoms with E-state index >= 15 is 0 Å². The van der Waals surface area contributed by atoms with Crippen molar-refractivity contribution < 1.29 is 4.79 Å². The Balaban J connectivity index is 1.97. The third-order valence-corrected chi connectivity index (χ3v) is 5.44. The van der Waals surface area contributed by atoms with Crippen LogP contribution < -0.4 is 5.32 Å². The lowest BCUT2D eigenvalue weighted by Crippen LogP contribution is -2.29. The summed E-state index contributed by atoms with van der Waals surface area (Å²) >= 11 is 0. The molecular weight excluding hydrogens is 336 g/mol. The van der Waals surface area contributed by atoms with Gasteiger partial charge in [0.2, 0.25) is 0 Å². The number of hydrogen-bond donors (Lipinski definition) is 2. The van der Waals surface area contributed by atoms with Crippen LogP contribution in [0.1, 0.15) is 71.8 Å². The van der Waals surface area contributed by atoms with Crippen molar-refractivity contribution in [3.05, 3.63) is 52.0 Å². The fourth-order valence-corrected chi connectivity index (χ4v) is 4.05. The van der Waals surface area contributed by atoms with Gasteiger partial charge in [-0.25, -0.2) is 0 Å². The largest absolute Gasteiger partial charge is 0.350 e. The van der Waals surface area contributed by atoms with Gasteiger partial charge in [0.15, 0.2) is 0 Å². The van der Waals surface area contributed by atoms with Crippen LogP contribution in [0.25, 0.3) is 10.9 Å². The van der Waals surface area contributed by atoms with Gasteiger partial charge in [-0.3, -0.25) is 9.48 Å². The van der Waals surface area contributed by atoms with Crippen molar-refractivity contribution >= 4 is 16.8 Å². The van der Waals surface area contributed by atoms with Crippen molar-refractivity contribution in [2.75, 3.05) is 0 Å². The first-order valence-electron chi connectivity index (χ1n) is 9.87. The molecule has 0 fully saturated rings. The highest BCUT2D eigenvalue weighted by Gasteiger charge is 2.24. The molecule has 0 aliphatic heterocycles. The number of H-pyrrole nitrogens is 1. The van der Waals surface area contributed by atoms with Crippen LogP contribution in [0.3, 0.4) is 0 Å². The normalized spacial score (nSPS) is 12.5. The first-order valence-corrected chi connectivity index (χ1v) is 9.87. The third-order valence-electron chi connectivity index (χ3n) is 5.44. The molecule has 0 saturated carbocycles. The van der Waals surface area contributed by atoms with Gasteiger partial charge >= 0.3 is 0 Å². The van der Waals surface area contributed by atoms with Crippen LogP contribution in [0.5, 0.6) is 0 Å². The Morgan fingerprint density at radius 1 is 1.22 bits per heavy atom. The molecule has 1 aromatic carbocycles. The van der Waals surface area contributed by atoms with Crippen LogP contribution in [-0.4, -0.2) is 20.7 Å². The predicted octanol–water partition coefficient (Wildman–Crippen LogP) is 4.75. The molecule has 5 nitrogen and oxygen atoms in total. The average molecular weight is 367 g/mol. The highest BCUT2D eigenvalue weighted by atomic mass is 16.2. The fraction of sp³-hybridized carbons (Fsp3) is 0.455. The van der Waals surface area contributed by atoms with Crippen LogP contribution in [0.15, 0.2) is 18.2 Å². The van der Waals surface area contributed by atoms with Gasteiger partial charge in [0, 0.05) is 28.7 Å². The van der Waals surface area contributed by atoms with E-state index in [2.05, 4.69) is 68.2 Å². The molecule has 144 valence electrons. The molecule has 5 heteroatoms. The summed E-state index contributed by atoms with van der Waals surface area (Å²) in [7, 11) is 0. The summed E-state index contributed by atoms with van der Waals surface area (Å²) in [5.41, 5.74) is 7.23. The Kier molecular flexibility index (Phi) is 5.40. The first-order chi connectivity index (χ1) is 12.9. The second-order valence-corrected chi connectivity index (χ2v) is 7.22. The summed E-state index contributed by atoms with van der Waals surface area (Å²) in [4.78, 5) is 16.5. The van der Waals surface area contributed by atoms with E-state index in [0.29, 0.717) is 5.69 Å². The molecule has 1 atom stereocenters. The van der Waals surface area contributed by atoms with Crippen LogP contribution >= 0.6 is 0 Å². The van der Waals surface area contributed by atoms with Gasteiger partial charge in [0.1, 0.15) is 5.69 Å². The second-order valence-electron chi connectivity index (χ2n) is 7.22. The predicted molar refractivity (Wildman–Crippen MR) is 110 cm³/mol. The standard InChI is InChI=1S/C22H30N4O/c1-7-16-17-12-13(4)10-11-19(17)23-21(16)22(27)24-18(8-2)20-14(5)25-26(9-3)15(20)6/h10-12,18,23H,7-9H2,1-6H3,(H,24,27). The Bertz CT molecular complexity index is 980. The number of hydrogen-bond acceptors (Lipinski definition) is 2. The number of amides is 1. The maximum Gasteiger partial charge on any atom is 0.268 e. The molecule has 3 aromatic rings. The number of fused-ring (bicyclic) bond motifs is 1. The van der Waals surface area contributed by atoms with Gasteiger partial charge in [-0.1, -0.05) is 25.5 Å². The number of benzene rings is 1. The molecule has 2 aromatic heterocycles. The Labute approximate surface area is 161 Å². The molecule has 0 radical (unpaired) electrons. The topological polar surface area (TPSA) is 62.7 Å². The molecule has 0 aliphatic rings. The highest BCUT2D eigenvalue weighted by molar-refractivity contribution is 6.01. The summed E-state index contributed by atoms with van der Waals surface area (Å²) in [5, 5.41) is 9.00. The summed E-state index contributed by atoms with van der Waals surface area (Å²) in [6.07, 6.45) is 1.64. The minimum absolute atomic E-state index is 0.0457. The zero-order valence-electron chi connectivity index (χ0n) is 17.2. The molecule has 27 heavy (non-hydrogen) atoms. The van der Waals surface area contributed by atoms with E-state index in [1.165, 1.54) is 5.56 Å². The summed E-state index contributed by atoms with van der Waals surface area (Å²) in [6, 6.07) is 6.23. The van der Waals surface area contributed by atoms with E-state index in [1.807, 2.05) is 11.6 Å². The summed E-state index contributed by atoms with van der Waals surface area (Å²) in [6.45, 7) is 13.3. The number of aryl methyl sites for hydroxylation is 4. The van der Waals surface area contributed by atoms with Crippen LogP contribution in [0.4, 0.5) is 0 Å². The molecular formula is C22H30N4O. The lowest BCUT2D eigenvalue weighted by molar-refractivity contribution is 0.0930. The van der Waals surface area contributed by atoms with E-state index in [0.717, 1.165) is 52.8 Å². The Morgan fingerprint density at radius 2 is 1.96 bits per heavy atom. The minimum atomic E-state index is -0.0457. The Hall–Kier alpha value is -2.56. The summed E-state index contributed by atoms with van der Waals surface area (Å²) in [5.74, 6) is -0.0457. The molecule has 0 aliphatic carbocycles. The van der Waals surface area contributed by atoms with E-state index in [9.17, 15) is 4.79 Å². The quantitative estimate of drug-likeness (QED) is 0.661. The van der Waals surface area contributed by atoms with Gasteiger partial charge in [-0.05, 0) is 58.2 Å². The van der Waals surface area contributed by atoms with Gasteiger partial charge in [-0.2, -0.15) is 5.10 Å². The van der Waals surface area contributed by atoms with E-state index in [1.54, 1.807) is 0 Å². The number of carbonyl (C=O) groups excluding carboxylic acids is 1. The summed E-state index contributed by atoms with van der Waals surface area (Å²) < 4.78 is 2.00. The van der Waals surface area contributed by atoms with Crippen molar-refractivity contribution in [3.63, 3.8) is 0 Å². The van der Waals surface area contributed by atoms with Crippen molar-refractivity contribution in [1.29, 1.82) is 0 Å². The fourth-order valence-electron chi connectivity index (χ4n) is 4.05. The van der Waals surface area contributed by atoms with Gasteiger partial charge < -0.3 is 10.3 Å². The zero-order chi connectivity index (χ0) is 19.7. The van der Waals surface area contributed by atoms with E-state index < -0.39 is 0 Å². The maximum absolute atomic E-state index is 13.2. The number of nitrogens with one attached hydrogen (secondary N) is 2. The molecule has 2 N–H and O–H groups in total. The second kappa shape index (κ2) is 7.59. The highest BCUT2D eigenvalue weighted by Crippen LogP contribution is 2.27. The minimum Gasteiger partial charge on any atom is -0.350 e. The number of aromatic amines is 1. The molecule has 0 saturated heterocycles. The van der Waals surface area contributed by atoms with Gasteiger partial charge in [0.25, 0.3) is 5.91 Å². The van der Waals surface area contributed by atoms with Crippen molar-refractivity contribution in [2.45, 2.75) is 67.0 Å². The number of rotatable bonds is 6. The number of nitrogens with zero attached hydrogens (tertiary/aromatic N) is 2. The molecule has 3 rings (SSSR count). The molecule has 0 bridgehead atoms. The number of aromatic nitrogens is 3. The zero-order valence-corrected chi connectivity index (χ0v) is 17.2. The maximum atomic E-state index is 13.2. The van der Waals surface area contributed by atoms with E-state index in [4.69, 9.17) is 0 Å². The molecule has 0 spiro atoms. The first kappa shape index (κ1) is 19.2.